The number of para-hydroxylation sites is 1. The highest BCUT2D eigenvalue weighted by Crippen LogP contribution is 2.35. The van der Waals surface area contributed by atoms with Crippen LogP contribution in [0.3, 0.4) is 0 Å². The molecule has 0 aliphatic rings. The number of hydrogen-bond donors (Lipinski definition) is 2. The van der Waals surface area contributed by atoms with Gasteiger partial charge in [0.25, 0.3) is 0 Å². The van der Waals surface area contributed by atoms with Crippen molar-refractivity contribution in [1.29, 1.82) is 5.26 Å². The molecular weight excluding hydrogens is 349 g/mol. The number of aromatic nitrogens is 2. The van der Waals surface area contributed by atoms with Gasteiger partial charge in [0.15, 0.2) is 5.82 Å². The van der Waals surface area contributed by atoms with Gasteiger partial charge in [0, 0.05) is 5.56 Å². The first-order chi connectivity index (χ1) is 12.6. The molecule has 7 heteroatoms. The lowest BCUT2D eigenvalue weighted by Gasteiger charge is -2.03. The van der Waals surface area contributed by atoms with Crippen LogP contribution in [0.15, 0.2) is 54.6 Å². The molecule has 4 rings (SSSR count). The molecule has 0 atom stereocenters. The lowest BCUT2D eigenvalue weighted by molar-refractivity contribution is 0.632. The molecule has 0 spiro atoms. The maximum atomic E-state index is 13.8. The maximum Gasteiger partial charge on any atom is 0.163 e. The molecule has 126 valence electrons. The van der Waals surface area contributed by atoms with Crippen molar-refractivity contribution in [3.8, 4) is 17.5 Å². The Balaban J connectivity index is 1.76. The standard InChI is InChI=1S/C19H12FN5S/c20-14-6-1-2-7-15(14)23-16-9-13-17(22)24-18(25-19(13)26-16)12-5-3-4-11(8-12)10-21/h1-9,23H,(H2,22,24,25). The number of fused-ring (bicyclic) bond motifs is 1. The van der Waals surface area contributed by atoms with E-state index in [-0.39, 0.29) is 5.82 Å². The summed E-state index contributed by atoms with van der Waals surface area (Å²) in [4.78, 5) is 9.59. The lowest BCUT2D eigenvalue weighted by atomic mass is 10.1. The summed E-state index contributed by atoms with van der Waals surface area (Å²) in [6.07, 6.45) is 0. The predicted octanol–water partition coefficient (Wildman–Crippen LogP) is 4.69. The summed E-state index contributed by atoms with van der Waals surface area (Å²) in [6.45, 7) is 0. The molecule has 0 aliphatic heterocycles. The zero-order valence-electron chi connectivity index (χ0n) is 13.4. The molecule has 4 aromatic rings. The molecule has 2 aromatic carbocycles. The van der Waals surface area contributed by atoms with Crippen molar-refractivity contribution >= 4 is 38.1 Å². The first kappa shape index (κ1) is 16.0. The van der Waals surface area contributed by atoms with E-state index in [0.717, 1.165) is 5.56 Å². The van der Waals surface area contributed by atoms with Gasteiger partial charge in [-0.15, -0.1) is 0 Å². The van der Waals surface area contributed by atoms with Gasteiger partial charge in [-0.3, -0.25) is 0 Å². The van der Waals surface area contributed by atoms with Gasteiger partial charge in [-0.1, -0.05) is 35.6 Å². The van der Waals surface area contributed by atoms with Crippen LogP contribution in [0.25, 0.3) is 21.6 Å². The number of nitrogens with one attached hydrogen (secondary N) is 1. The molecule has 5 nitrogen and oxygen atoms in total. The molecule has 0 saturated heterocycles. The van der Waals surface area contributed by atoms with E-state index >= 15 is 0 Å². The number of halogens is 1. The van der Waals surface area contributed by atoms with Gasteiger partial charge < -0.3 is 11.1 Å². The second kappa shape index (κ2) is 6.43. The van der Waals surface area contributed by atoms with Crippen LogP contribution in [0.4, 0.5) is 20.9 Å². The van der Waals surface area contributed by atoms with E-state index in [2.05, 4.69) is 21.4 Å². The van der Waals surface area contributed by atoms with Crippen LogP contribution in [0, 0.1) is 17.1 Å². The van der Waals surface area contributed by atoms with Crippen molar-refractivity contribution in [2.24, 2.45) is 0 Å². The topological polar surface area (TPSA) is 87.6 Å². The zero-order valence-corrected chi connectivity index (χ0v) is 14.2. The molecule has 0 unspecified atom stereocenters. The summed E-state index contributed by atoms with van der Waals surface area (Å²) in [7, 11) is 0. The van der Waals surface area contributed by atoms with Crippen LogP contribution < -0.4 is 11.1 Å². The highest BCUT2D eigenvalue weighted by atomic mass is 32.1. The van der Waals surface area contributed by atoms with Crippen molar-refractivity contribution in [3.63, 3.8) is 0 Å². The molecule has 0 aliphatic carbocycles. The number of nitriles is 1. The quantitative estimate of drug-likeness (QED) is 0.552. The molecule has 3 N–H and O–H groups in total. The van der Waals surface area contributed by atoms with E-state index in [4.69, 9.17) is 11.0 Å². The molecule has 26 heavy (non-hydrogen) atoms. The lowest BCUT2D eigenvalue weighted by Crippen LogP contribution is -1.96. The molecule has 2 aromatic heterocycles. The summed E-state index contributed by atoms with van der Waals surface area (Å²) in [5, 5.41) is 13.5. The molecule has 0 amide bonds. The third-order valence-corrected chi connectivity index (χ3v) is 4.75. The third kappa shape index (κ3) is 2.94. The van der Waals surface area contributed by atoms with Crippen LogP contribution in [-0.4, -0.2) is 9.97 Å². The monoisotopic (exact) mass is 361 g/mol. The first-order valence-electron chi connectivity index (χ1n) is 7.73. The number of rotatable bonds is 3. The number of benzene rings is 2. The van der Waals surface area contributed by atoms with Crippen LogP contribution in [-0.2, 0) is 0 Å². The number of nitrogen functional groups attached to an aromatic ring is 1. The van der Waals surface area contributed by atoms with Crippen molar-refractivity contribution in [2.75, 3.05) is 11.1 Å². The average Bonchev–Trinajstić information content (AvgIpc) is 3.07. The Morgan fingerprint density at radius 3 is 2.73 bits per heavy atom. The minimum absolute atomic E-state index is 0.335. The Kier molecular flexibility index (Phi) is 3.95. The molecule has 0 saturated carbocycles. The van der Waals surface area contributed by atoms with Crippen LogP contribution in [0.2, 0.25) is 0 Å². The van der Waals surface area contributed by atoms with Crippen LogP contribution in [0.5, 0.6) is 0 Å². The Bertz CT molecular complexity index is 1160. The minimum Gasteiger partial charge on any atom is -0.383 e. The highest BCUT2D eigenvalue weighted by Gasteiger charge is 2.12. The molecule has 0 radical (unpaired) electrons. The van der Waals surface area contributed by atoms with Gasteiger partial charge >= 0.3 is 0 Å². The molecular formula is C19H12FN5S. The predicted molar refractivity (Wildman–Crippen MR) is 102 cm³/mol. The second-order valence-electron chi connectivity index (χ2n) is 5.56. The molecule has 0 fully saturated rings. The van der Waals surface area contributed by atoms with Crippen molar-refractivity contribution in [1.82, 2.24) is 9.97 Å². The SMILES string of the molecule is N#Cc1cccc(-c2nc(N)c3cc(Nc4ccccc4F)sc3n2)c1. The van der Waals surface area contributed by atoms with Crippen LogP contribution >= 0.6 is 11.3 Å². The van der Waals surface area contributed by atoms with Crippen molar-refractivity contribution in [2.45, 2.75) is 0 Å². The zero-order chi connectivity index (χ0) is 18.1. The number of nitrogens with zero attached hydrogens (tertiary/aromatic N) is 3. The van der Waals surface area contributed by atoms with E-state index in [0.29, 0.717) is 38.1 Å². The van der Waals surface area contributed by atoms with Crippen molar-refractivity contribution < 1.29 is 4.39 Å². The summed E-state index contributed by atoms with van der Waals surface area (Å²) in [5.41, 5.74) is 7.72. The minimum atomic E-state index is -0.335. The third-order valence-electron chi connectivity index (χ3n) is 3.80. The van der Waals surface area contributed by atoms with Gasteiger partial charge in [-0.05, 0) is 30.3 Å². The maximum absolute atomic E-state index is 13.8. The summed E-state index contributed by atoms with van der Waals surface area (Å²) in [5.74, 6) is 0.453. The number of hydrogen-bond acceptors (Lipinski definition) is 6. The van der Waals surface area contributed by atoms with Crippen LogP contribution in [0.1, 0.15) is 5.56 Å². The molecule has 0 bridgehead atoms. The summed E-state index contributed by atoms with van der Waals surface area (Å²) < 4.78 is 13.8. The fraction of sp³-hybridized carbons (Fsp3) is 0. The highest BCUT2D eigenvalue weighted by molar-refractivity contribution is 7.22. The summed E-state index contributed by atoms with van der Waals surface area (Å²) in [6, 6.07) is 17.4. The van der Waals surface area contributed by atoms with Gasteiger partial charge in [0.1, 0.15) is 16.5 Å². The first-order valence-corrected chi connectivity index (χ1v) is 8.55. The van der Waals surface area contributed by atoms with Gasteiger partial charge in [-0.2, -0.15) is 5.26 Å². The van der Waals surface area contributed by atoms with E-state index in [1.54, 1.807) is 42.5 Å². The number of nitrogens with two attached hydrogens (primary N) is 1. The van der Waals surface area contributed by atoms with E-state index in [9.17, 15) is 4.39 Å². The Morgan fingerprint density at radius 2 is 1.92 bits per heavy atom. The number of thiophene rings is 1. The largest absolute Gasteiger partial charge is 0.383 e. The van der Waals surface area contributed by atoms with E-state index < -0.39 is 0 Å². The number of anilines is 3. The Labute approximate surface area is 152 Å². The summed E-state index contributed by atoms with van der Waals surface area (Å²) >= 11 is 1.36. The normalized spacial score (nSPS) is 10.6. The second-order valence-corrected chi connectivity index (χ2v) is 6.59. The smallest absolute Gasteiger partial charge is 0.163 e. The Hall–Kier alpha value is -3.50. The average molecular weight is 361 g/mol. The fourth-order valence-electron chi connectivity index (χ4n) is 2.56. The van der Waals surface area contributed by atoms with Gasteiger partial charge in [0.05, 0.1) is 27.7 Å². The van der Waals surface area contributed by atoms with E-state index in [1.165, 1.54) is 17.4 Å². The Morgan fingerprint density at radius 1 is 1.08 bits per heavy atom. The molecule has 2 heterocycles. The van der Waals surface area contributed by atoms with Gasteiger partial charge in [0.2, 0.25) is 0 Å². The van der Waals surface area contributed by atoms with Gasteiger partial charge in [-0.25, -0.2) is 14.4 Å². The van der Waals surface area contributed by atoms with E-state index in [1.807, 2.05) is 6.07 Å². The fourth-order valence-corrected chi connectivity index (χ4v) is 3.51. The van der Waals surface area contributed by atoms with Crippen molar-refractivity contribution in [3.05, 3.63) is 66.0 Å².